The second-order valence-electron chi connectivity index (χ2n) is 10.1. The molecule has 10 nitrogen and oxygen atoms in total. The molecule has 0 spiro atoms. The van der Waals surface area contributed by atoms with E-state index in [0.29, 0.717) is 60.2 Å². The van der Waals surface area contributed by atoms with E-state index >= 15 is 0 Å². The molecule has 1 fully saturated rings. The van der Waals surface area contributed by atoms with Gasteiger partial charge in [-0.1, -0.05) is 36.4 Å². The molecule has 1 unspecified atom stereocenters. The molecule has 1 amide bonds. The summed E-state index contributed by atoms with van der Waals surface area (Å²) < 4.78 is 37.2. The molecule has 220 valence electrons. The lowest BCUT2D eigenvalue weighted by molar-refractivity contribution is -0.115. The number of sulfonamides is 1. The van der Waals surface area contributed by atoms with Crippen molar-refractivity contribution in [1.29, 1.82) is 0 Å². The van der Waals surface area contributed by atoms with Crippen LogP contribution < -0.4 is 9.62 Å². The number of aliphatic imine (C=N–C) groups is 1. The number of carbonyl (C=O) groups is 2. The minimum absolute atomic E-state index is 0.253. The van der Waals surface area contributed by atoms with Gasteiger partial charge in [-0.25, -0.2) is 13.2 Å². The maximum atomic E-state index is 13.3. The first-order chi connectivity index (χ1) is 20.2. The van der Waals surface area contributed by atoms with E-state index < -0.39 is 21.9 Å². The number of morpholine rings is 1. The fraction of sp³-hybridized carbons (Fsp3) is 0.323. The molecule has 1 N–H and O–H groups in total. The van der Waals surface area contributed by atoms with Crippen molar-refractivity contribution in [3.05, 3.63) is 89.5 Å². The first-order valence-electron chi connectivity index (χ1n) is 13.9. The Bertz CT molecular complexity index is 1570. The summed E-state index contributed by atoms with van der Waals surface area (Å²) >= 11 is 0. The van der Waals surface area contributed by atoms with E-state index in [4.69, 9.17) is 14.5 Å². The number of hydrogen-bond acceptors (Lipinski definition) is 8. The highest BCUT2D eigenvalue weighted by molar-refractivity contribution is 7.92. The number of nitrogens with one attached hydrogen (secondary N) is 1. The fourth-order valence-corrected chi connectivity index (χ4v) is 6.07. The van der Waals surface area contributed by atoms with Gasteiger partial charge in [0.25, 0.3) is 0 Å². The van der Waals surface area contributed by atoms with Gasteiger partial charge in [0.15, 0.2) is 0 Å². The molecule has 2 heterocycles. The first-order valence-corrected chi connectivity index (χ1v) is 15.7. The van der Waals surface area contributed by atoms with Gasteiger partial charge in [-0.15, -0.1) is 0 Å². The number of rotatable bonds is 10. The Morgan fingerprint density at radius 1 is 1.05 bits per heavy atom. The van der Waals surface area contributed by atoms with Gasteiger partial charge < -0.3 is 14.8 Å². The molecule has 5 rings (SSSR count). The van der Waals surface area contributed by atoms with Crippen molar-refractivity contribution in [3.8, 4) is 0 Å². The number of hydrogen-bond donors (Lipinski definition) is 1. The third-order valence-electron chi connectivity index (χ3n) is 7.25. The average Bonchev–Trinajstić information content (AvgIpc) is 3.31. The molecule has 2 aliphatic rings. The maximum absolute atomic E-state index is 13.3. The van der Waals surface area contributed by atoms with Gasteiger partial charge in [-0.2, -0.15) is 0 Å². The second-order valence-corrected chi connectivity index (χ2v) is 12.0. The van der Waals surface area contributed by atoms with Crippen LogP contribution in [0.3, 0.4) is 0 Å². The zero-order chi connectivity index (χ0) is 29.7. The Hall–Kier alpha value is -4.06. The molecule has 1 atom stereocenters. The molecule has 11 heteroatoms. The van der Waals surface area contributed by atoms with Crippen LogP contribution in [0.15, 0.2) is 77.8 Å². The Morgan fingerprint density at radius 3 is 2.43 bits per heavy atom. The third-order valence-corrected chi connectivity index (χ3v) is 8.44. The molecule has 3 aromatic carbocycles. The van der Waals surface area contributed by atoms with Crippen LogP contribution in [-0.4, -0.2) is 83.2 Å². The maximum Gasteiger partial charge on any atom is 0.338 e. The van der Waals surface area contributed by atoms with Crippen LogP contribution in [0.5, 0.6) is 0 Å². The smallest absolute Gasteiger partial charge is 0.338 e. The van der Waals surface area contributed by atoms with Crippen LogP contribution in [0.4, 0.5) is 17.1 Å². The lowest BCUT2D eigenvalue weighted by Crippen LogP contribution is -2.42. The lowest BCUT2D eigenvalue weighted by Gasteiger charge is -2.30. The standard InChI is InChI=1S/C31H34N4O6S/c1-3-41-31(37)23-9-14-26-27(21-23)33-30(36)28(26)29(22-7-5-4-6-8-22)32-24-10-12-25(13-11-24)35(42(2,38)39)16-15-34-17-19-40-20-18-34/h4-14,21,28H,3,15-20H2,1-2H3,(H,33,36). The molecule has 3 aromatic rings. The van der Waals surface area contributed by atoms with E-state index in [-0.39, 0.29) is 12.5 Å². The number of fused-ring (bicyclic) bond motifs is 1. The minimum atomic E-state index is -3.51. The van der Waals surface area contributed by atoms with E-state index in [1.165, 1.54) is 10.6 Å². The van der Waals surface area contributed by atoms with E-state index in [9.17, 15) is 18.0 Å². The molecule has 0 aromatic heterocycles. The summed E-state index contributed by atoms with van der Waals surface area (Å²) in [4.78, 5) is 32.7. The topological polar surface area (TPSA) is 118 Å². The Balaban J connectivity index is 1.45. The number of anilines is 2. The zero-order valence-corrected chi connectivity index (χ0v) is 24.5. The second kappa shape index (κ2) is 12.8. The van der Waals surface area contributed by atoms with Crippen molar-refractivity contribution in [2.24, 2.45) is 4.99 Å². The molecule has 0 bridgehead atoms. The SMILES string of the molecule is CCOC(=O)c1ccc2c(c1)NC(=O)C2C(=Nc1ccc(N(CCN2CCOCC2)S(C)(=O)=O)cc1)c1ccccc1. The van der Waals surface area contributed by atoms with Crippen molar-refractivity contribution in [2.75, 3.05) is 61.9 Å². The van der Waals surface area contributed by atoms with Gasteiger partial charge in [0, 0.05) is 31.9 Å². The monoisotopic (exact) mass is 590 g/mol. The van der Waals surface area contributed by atoms with Crippen LogP contribution in [0.25, 0.3) is 0 Å². The molecule has 0 radical (unpaired) electrons. The summed E-state index contributed by atoms with van der Waals surface area (Å²) in [7, 11) is -3.51. The molecule has 42 heavy (non-hydrogen) atoms. The number of amides is 1. The molecular weight excluding hydrogens is 556 g/mol. The van der Waals surface area contributed by atoms with Crippen LogP contribution in [0.2, 0.25) is 0 Å². The van der Waals surface area contributed by atoms with Crippen molar-refractivity contribution in [1.82, 2.24) is 4.90 Å². The predicted octanol–water partition coefficient (Wildman–Crippen LogP) is 3.82. The summed E-state index contributed by atoms with van der Waals surface area (Å²) in [5, 5.41) is 2.89. The summed E-state index contributed by atoms with van der Waals surface area (Å²) in [6, 6.07) is 21.4. The first kappa shape index (κ1) is 29.4. The summed E-state index contributed by atoms with van der Waals surface area (Å²) in [5.74, 6) is -1.42. The third kappa shape index (κ3) is 6.70. The van der Waals surface area contributed by atoms with Crippen molar-refractivity contribution < 1.29 is 27.5 Å². The zero-order valence-electron chi connectivity index (χ0n) is 23.7. The van der Waals surface area contributed by atoms with Crippen molar-refractivity contribution in [3.63, 3.8) is 0 Å². The highest BCUT2D eigenvalue weighted by atomic mass is 32.2. The number of nitrogens with zero attached hydrogens (tertiary/aromatic N) is 3. The Kier molecular flexibility index (Phi) is 9.00. The number of ether oxygens (including phenoxy) is 2. The van der Waals surface area contributed by atoms with Gasteiger partial charge in [0.2, 0.25) is 15.9 Å². The molecule has 0 saturated carbocycles. The van der Waals surface area contributed by atoms with Crippen molar-refractivity contribution in [2.45, 2.75) is 12.8 Å². The van der Waals surface area contributed by atoms with Gasteiger partial charge in [0.1, 0.15) is 5.92 Å². The van der Waals surface area contributed by atoms with Crippen molar-refractivity contribution >= 4 is 44.7 Å². The van der Waals surface area contributed by atoms with Crippen LogP contribution in [0.1, 0.15) is 34.3 Å². The summed E-state index contributed by atoms with van der Waals surface area (Å²) in [6.07, 6.45) is 1.20. The number of carbonyl (C=O) groups excluding carboxylic acids is 2. The van der Waals surface area contributed by atoms with Gasteiger partial charge >= 0.3 is 5.97 Å². The minimum Gasteiger partial charge on any atom is -0.462 e. The molecule has 1 saturated heterocycles. The average molecular weight is 591 g/mol. The van der Waals surface area contributed by atoms with Gasteiger partial charge in [0.05, 0.1) is 48.7 Å². The highest BCUT2D eigenvalue weighted by Crippen LogP contribution is 2.37. The Labute approximate surface area is 246 Å². The number of esters is 1. The summed E-state index contributed by atoms with van der Waals surface area (Å²) in [5.41, 5.74) is 4.03. The van der Waals surface area contributed by atoms with Crippen LogP contribution >= 0.6 is 0 Å². The van der Waals surface area contributed by atoms with Gasteiger partial charge in [-0.3, -0.25) is 19.0 Å². The predicted molar refractivity (Wildman–Crippen MR) is 162 cm³/mol. The molecule has 0 aliphatic carbocycles. The number of benzene rings is 3. The molecule has 2 aliphatic heterocycles. The van der Waals surface area contributed by atoms with E-state index in [2.05, 4.69) is 10.2 Å². The van der Waals surface area contributed by atoms with E-state index in [1.807, 2.05) is 30.3 Å². The van der Waals surface area contributed by atoms with Crippen LogP contribution in [-0.2, 0) is 24.3 Å². The van der Waals surface area contributed by atoms with E-state index in [0.717, 1.165) is 18.7 Å². The highest BCUT2D eigenvalue weighted by Gasteiger charge is 2.36. The summed E-state index contributed by atoms with van der Waals surface area (Å²) in [6.45, 7) is 5.75. The molecular formula is C31H34N4O6S. The quantitative estimate of drug-likeness (QED) is 0.282. The normalized spacial score (nSPS) is 17.4. The van der Waals surface area contributed by atoms with Gasteiger partial charge in [-0.05, 0) is 54.4 Å². The fourth-order valence-electron chi connectivity index (χ4n) is 5.16. The van der Waals surface area contributed by atoms with Crippen LogP contribution in [0, 0.1) is 0 Å². The largest absolute Gasteiger partial charge is 0.462 e. The Morgan fingerprint density at radius 2 is 1.76 bits per heavy atom. The lowest BCUT2D eigenvalue weighted by atomic mass is 9.90. The van der Waals surface area contributed by atoms with E-state index in [1.54, 1.807) is 49.4 Å².